The van der Waals surface area contributed by atoms with E-state index < -0.39 is 5.91 Å². The third-order valence-corrected chi connectivity index (χ3v) is 4.99. The van der Waals surface area contributed by atoms with E-state index in [1.165, 1.54) is 35.6 Å². The number of carbonyl (C=O) groups is 1. The first-order valence-electron chi connectivity index (χ1n) is 7.21. The molecule has 0 unspecified atom stereocenters. The van der Waals surface area contributed by atoms with Crippen LogP contribution in [0.3, 0.4) is 0 Å². The van der Waals surface area contributed by atoms with Crippen LogP contribution in [0.5, 0.6) is 0 Å². The fourth-order valence-electron chi connectivity index (χ4n) is 2.27. The Labute approximate surface area is 150 Å². The number of fused-ring (bicyclic) bond motifs is 1. The number of hydrogen-bond acceptors (Lipinski definition) is 3. The van der Waals surface area contributed by atoms with E-state index in [0.717, 1.165) is 14.7 Å². The van der Waals surface area contributed by atoms with Gasteiger partial charge in [0, 0.05) is 23.7 Å². The minimum absolute atomic E-state index is 0.355. The number of halogens is 2. The second-order valence-corrected chi connectivity index (χ2v) is 6.99. The summed E-state index contributed by atoms with van der Waals surface area (Å²) >= 11 is 4.88. The largest absolute Gasteiger partial charge is 0.383 e. The first-order valence-corrected chi connectivity index (χ1v) is 8.82. The second-order valence-electron chi connectivity index (χ2n) is 5.06. The highest BCUT2D eigenvalue weighted by atomic mass is 79.9. The van der Waals surface area contributed by atoms with Gasteiger partial charge in [0.25, 0.3) is 5.91 Å². The highest BCUT2D eigenvalue weighted by Gasteiger charge is 2.10. The van der Waals surface area contributed by atoms with Gasteiger partial charge in [-0.2, -0.15) is 4.99 Å². The van der Waals surface area contributed by atoms with Gasteiger partial charge in [0.15, 0.2) is 4.80 Å². The number of methoxy groups -OCH3 is 1. The van der Waals surface area contributed by atoms with Crippen molar-refractivity contribution in [2.24, 2.45) is 4.99 Å². The molecule has 0 saturated heterocycles. The third kappa shape index (κ3) is 3.63. The molecular weight excluding hydrogens is 395 g/mol. The lowest BCUT2D eigenvalue weighted by molar-refractivity contribution is 0.0997. The fourth-order valence-corrected chi connectivity index (χ4v) is 3.88. The number of rotatable bonds is 4. The number of nitrogens with zero attached hydrogens (tertiary/aromatic N) is 2. The van der Waals surface area contributed by atoms with Gasteiger partial charge in [0.05, 0.1) is 16.8 Å². The average Bonchev–Trinajstić information content (AvgIpc) is 2.89. The smallest absolute Gasteiger partial charge is 0.279 e. The second kappa shape index (κ2) is 7.38. The van der Waals surface area contributed by atoms with Gasteiger partial charge in [-0.3, -0.25) is 4.79 Å². The molecule has 1 amide bonds. The molecule has 0 aliphatic carbocycles. The molecule has 4 nitrogen and oxygen atoms in total. The molecule has 0 fully saturated rings. The molecule has 3 rings (SSSR count). The maximum absolute atomic E-state index is 13.0. The van der Waals surface area contributed by atoms with Crippen LogP contribution in [-0.4, -0.2) is 24.2 Å². The fraction of sp³-hybridized carbons (Fsp3) is 0.176. The Kier molecular flexibility index (Phi) is 5.23. The van der Waals surface area contributed by atoms with Crippen LogP contribution in [0.15, 0.2) is 51.9 Å². The summed E-state index contributed by atoms with van der Waals surface area (Å²) in [6.45, 7) is 1.10. The van der Waals surface area contributed by atoms with Gasteiger partial charge in [-0.25, -0.2) is 4.39 Å². The first kappa shape index (κ1) is 17.0. The van der Waals surface area contributed by atoms with Gasteiger partial charge in [0.1, 0.15) is 5.82 Å². The number of amides is 1. The predicted molar refractivity (Wildman–Crippen MR) is 95.7 cm³/mol. The Morgan fingerprint density at radius 3 is 2.75 bits per heavy atom. The highest BCUT2D eigenvalue weighted by molar-refractivity contribution is 9.10. The molecule has 0 saturated carbocycles. The molecule has 1 aromatic heterocycles. The normalized spacial score (nSPS) is 12.0. The van der Waals surface area contributed by atoms with Crippen LogP contribution in [0.4, 0.5) is 4.39 Å². The lowest BCUT2D eigenvalue weighted by atomic mass is 10.2. The molecule has 0 radical (unpaired) electrons. The summed E-state index contributed by atoms with van der Waals surface area (Å²) in [5.41, 5.74) is 1.35. The maximum atomic E-state index is 13.0. The van der Waals surface area contributed by atoms with Crippen molar-refractivity contribution in [3.8, 4) is 0 Å². The van der Waals surface area contributed by atoms with Crippen LogP contribution in [0, 0.1) is 5.82 Å². The van der Waals surface area contributed by atoms with E-state index in [9.17, 15) is 9.18 Å². The number of hydrogen-bond donors (Lipinski definition) is 0. The molecule has 3 aromatic rings. The lowest BCUT2D eigenvalue weighted by Crippen LogP contribution is -2.19. The van der Waals surface area contributed by atoms with Crippen LogP contribution >= 0.6 is 27.3 Å². The van der Waals surface area contributed by atoms with Crippen LogP contribution in [0.25, 0.3) is 10.2 Å². The maximum Gasteiger partial charge on any atom is 0.279 e. The van der Waals surface area contributed by atoms with E-state index in [4.69, 9.17) is 4.74 Å². The molecule has 2 aromatic carbocycles. The lowest BCUT2D eigenvalue weighted by Gasteiger charge is -2.04. The molecule has 0 spiro atoms. The number of benzene rings is 2. The topological polar surface area (TPSA) is 43.6 Å². The van der Waals surface area contributed by atoms with Crippen molar-refractivity contribution in [2.45, 2.75) is 6.54 Å². The number of aromatic nitrogens is 1. The monoisotopic (exact) mass is 408 g/mol. The quantitative estimate of drug-likeness (QED) is 0.654. The van der Waals surface area contributed by atoms with Gasteiger partial charge in [-0.05, 0) is 42.5 Å². The summed E-state index contributed by atoms with van der Waals surface area (Å²) in [5, 5.41) is 0. The van der Waals surface area contributed by atoms with Crippen molar-refractivity contribution in [3.05, 3.63) is 63.1 Å². The Morgan fingerprint density at radius 1 is 1.29 bits per heavy atom. The molecular formula is C17H14BrFN2O2S. The van der Waals surface area contributed by atoms with Crippen LogP contribution in [0.2, 0.25) is 0 Å². The van der Waals surface area contributed by atoms with E-state index in [1.807, 2.05) is 22.8 Å². The zero-order chi connectivity index (χ0) is 17.1. The molecule has 0 bridgehead atoms. The van der Waals surface area contributed by atoms with Gasteiger partial charge < -0.3 is 9.30 Å². The van der Waals surface area contributed by atoms with E-state index in [2.05, 4.69) is 20.9 Å². The van der Waals surface area contributed by atoms with Crippen molar-refractivity contribution < 1.29 is 13.9 Å². The zero-order valence-corrected chi connectivity index (χ0v) is 15.2. The minimum Gasteiger partial charge on any atom is -0.383 e. The minimum atomic E-state index is -0.396. The van der Waals surface area contributed by atoms with Crippen molar-refractivity contribution in [3.63, 3.8) is 0 Å². The average molecular weight is 409 g/mol. The van der Waals surface area contributed by atoms with Crippen molar-refractivity contribution in [1.82, 2.24) is 4.57 Å². The van der Waals surface area contributed by atoms with Crippen LogP contribution in [-0.2, 0) is 11.3 Å². The molecule has 124 valence electrons. The molecule has 0 N–H and O–H groups in total. The summed E-state index contributed by atoms with van der Waals surface area (Å²) in [7, 11) is 1.63. The Balaban J connectivity index is 2.09. The Hall–Kier alpha value is -1.83. The summed E-state index contributed by atoms with van der Waals surface area (Å²) in [5.74, 6) is -0.778. The Bertz CT molecular complexity index is 947. The first-order chi connectivity index (χ1) is 11.6. The van der Waals surface area contributed by atoms with Crippen molar-refractivity contribution >= 4 is 43.4 Å². The summed E-state index contributed by atoms with van der Waals surface area (Å²) < 4.78 is 22.1. The number of carbonyl (C=O) groups excluding carboxylic acids is 1. The van der Waals surface area contributed by atoms with E-state index in [1.54, 1.807) is 7.11 Å². The summed E-state index contributed by atoms with van der Waals surface area (Å²) in [6.07, 6.45) is 0. The standard InChI is InChI=1S/C17H14BrFN2O2S/c1-23-9-8-21-14-7-4-12(18)10-15(14)24-17(21)20-16(22)11-2-5-13(19)6-3-11/h2-7,10H,8-9H2,1H3. The molecule has 0 aliphatic rings. The molecule has 7 heteroatoms. The Morgan fingerprint density at radius 2 is 2.04 bits per heavy atom. The van der Waals surface area contributed by atoms with Gasteiger partial charge >= 0.3 is 0 Å². The van der Waals surface area contributed by atoms with Gasteiger partial charge in [0.2, 0.25) is 0 Å². The third-order valence-electron chi connectivity index (χ3n) is 3.45. The number of thiazole rings is 1. The molecule has 24 heavy (non-hydrogen) atoms. The highest BCUT2D eigenvalue weighted by Crippen LogP contribution is 2.22. The van der Waals surface area contributed by atoms with E-state index in [-0.39, 0.29) is 5.82 Å². The predicted octanol–water partition coefficient (Wildman–Crippen LogP) is 3.99. The van der Waals surface area contributed by atoms with Gasteiger partial charge in [-0.1, -0.05) is 27.3 Å². The molecule has 1 heterocycles. The number of ether oxygens (including phenoxy) is 1. The molecule has 0 aliphatic heterocycles. The summed E-state index contributed by atoms with van der Waals surface area (Å²) in [4.78, 5) is 17.2. The van der Waals surface area contributed by atoms with Gasteiger partial charge in [-0.15, -0.1) is 0 Å². The van der Waals surface area contributed by atoms with E-state index in [0.29, 0.717) is 23.5 Å². The van der Waals surface area contributed by atoms with Crippen LogP contribution < -0.4 is 4.80 Å². The van der Waals surface area contributed by atoms with Crippen molar-refractivity contribution in [1.29, 1.82) is 0 Å². The summed E-state index contributed by atoms with van der Waals surface area (Å²) in [6, 6.07) is 11.3. The van der Waals surface area contributed by atoms with Crippen LogP contribution in [0.1, 0.15) is 10.4 Å². The van der Waals surface area contributed by atoms with Crippen molar-refractivity contribution in [2.75, 3.05) is 13.7 Å². The zero-order valence-electron chi connectivity index (χ0n) is 12.8. The molecule has 0 atom stereocenters. The SMILES string of the molecule is COCCn1c(=NC(=O)c2ccc(F)cc2)sc2cc(Br)ccc21. The van der Waals surface area contributed by atoms with E-state index >= 15 is 0 Å².